The Hall–Kier alpha value is -1.74. The van der Waals surface area contributed by atoms with Crippen LogP contribution in [0.5, 0.6) is 0 Å². The van der Waals surface area contributed by atoms with Gasteiger partial charge in [-0.3, -0.25) is 4.90 Å². The van der Waals surface area contributed by atoms with Crippen molar-refractivity contribution in [2.45, 2.75) is 19.4 Å². The Labute approximate surface area is 134 Å². The maximum atomic E-state index is 11.7. The average Bonchev–Trinajstić information content (AvgIpc) is 3.10. The van der Waals surface area contributed by atoms with E-state index in [2.05, 4.69) is 24.9 Å². The SMILES string of the molecule is Cc1noc2ncnc(N3CCN(C4CCS(=O)(=O)C4)CC3)c12. The fourth-order valence-electron chi connectivity index (χ4n) is 3.51. The third-order valence-corrected chi connectivity index (χ3v) is 6.51. The first-order chi connectivity index (χ1) is 11.0. The molecule has 2 aromatic rings. The van der Waals surface area contributed by atoms with E-state index in [1.807, 2.05) is 6.92 Å². The molecule has 0 N–H and O–H groups in total. The predicted molar refractivity (Wildman–Crippen MR) is 85.2 cm³/mol. The first kappa shape index (κ1) is 14.8. The number of anilines is 1. The monoisotopic (exact) mass is 337 g/mol. The van der Waals surface area contributed by atoms with E-state index < -0.39 is 9.84 Å². The summed E-state index contributed by atoms with van der Waals surface area (Å²) in [7, 11) is -2.83. The van der Waals surface area contributed by atoms with Crippen LogP contribution in [0.2, 0.25) is 0 Å². The van der Waals surface area contributed by atoms with Crippen molar-refractivity contribution in [1.29, 1.82) is 0 Å². The molecule has 2 fully saturated rings. The highest BCUT2D eigenvalue weighted by Crippen LogP contribution is 2.27. The number of piperazine rings is 1. The van der Waals surface area contributed by atoms with Crippen LogP contribution in [-0.2, 0) is 9.84 Å². The Bertz CT molecular complexity index is 826. The number of aryl methyl sites for hydroxylation is 1. The van der Waals surface area contributed by atoms with E-state index >= 15 is 0 Å². The highest BCUT2D eigenvalue weighted by molar-refractivity contribution is 7.91. The van der Waals surface area contributed by atoms with Gasteiger partial charge in [0.1, 0.15) is 17.5 Å². The molecule has 2 aliphatic rings. The van der Waals surface area contributed by atoms with Crippen molar-refractivity contribution in [2.75, 3.05) is 42.6 Å². The molecule has 0 aromatic carbocycles. The minimum Gasteiger partial charge on any atom is -0.353 e. The maximum absolute atomic E-state index is 11.7. The minimum atomic E-state index is -2.83. The van der Waals surface area contributed by atoms with Gasteiger partial charge in [0.2, 0.25) is 0 Å². The molecule has 1 unspecified atom stereocenters. The second-order valence-corrected chi connectivity index (χ2v) is 8.45. The summed E-state index contributed by atoms with van der Waals surface area (Å²) < 4.78 is 28.5. The number of aromatic nitrogens is 3. The molecule has 23 heavy (non-hydrogen) atoms. The minimum absolute atomic E-state index is 0.171. The van der Waals surface area contributed by atoms with Gasteiger partial charge in [-0.15, -0.1) is 0 Å². The molecule has 0 spiro atoms. The molecule has 0 radical (unpaired) electrons. The largest absolute Gasteiger partial charge is 0.353 e. The lowest BCUT2D eigenvalue weighted by molar-refractivity contribution is 0.200. The van der Waals surface area contributed by atoms with Crippen LogP contribution in [0.25, 0.3) is 11.1 Å². The van der Waals surface area contributed by atoms with Gasteiger partial charge in [-0.25, -0.2) is 13.4 Å². The van der Waals surface area contributed by atoms with Crippen molar-refractivity contribution in [2.24, 2.45) is 0 Å². The zero-order valence-electron chi connectivity index (χ0n) is 13.0. The van der Waals surface area contributed by atoms with E-state index in [0.29, 0.717) is 17.2 Å². The van der Waals surface area contributed by atoms with Crippen molar-refractivity contribution < 1.29 is 12.9 Å². The molecular formula is C14H19N5O3S. The van der Waals surface area contributed by atoms with E-state index in [0.717, 1.165) is 49.5 Å². The zero-order valence-corrected chi connectivity index (χ0v) is 13.8. The van der Waals surface area contributed by atoms with Crippen LogP contribution in [0.4, 0.5) is 5.82 Å². The van der Waals surface area contributed by atoms with E-state index in [1.54, 1.807) is 0 Å². The second-order valence-electron chi connectivity index (χ2n) is 6.23. The Morgan fingerprint density at radius 3 is 2.70 bits per heavy atom. The number of sulfone groups is 1. The lowest BCUT2D eigenvalue weighted by Crippen LogP contribution is -2.51. The molecule has 0 saturated carbocycles. The summed E-state index contributed by atoms with van der Waals surface area (Å²) in [5.41, 5.74) is 1.30. The average molecular weight is 337 g/mol. The number of rotatable bonds is 2. The maximum Gasteiger partial charge on any atom is 0.263 e. The Balaban J connectivity index is 1.50. The number of hydrogen-bond acceptors (Lipinski definition) is 8. The second kappa shape index (κ2) is 5.41. The summed E-state index contributed by atoms with van der Waals surface area (Å²) in [4.78, 5) is 13.0. The zero-order chi connectivity index (χ0) is 16.0. The summed E-state index contributed by atoms with van der Waals surface area (Å²) in [6.45, 7) is 5.20. The van der Waals surface area contributed by atoms with Crippen molar-refractivity contribution in [3.63, 3.8) is 0 Å². The van der Waals surface area contributed by atoms with Crippen LogP contribution in [0.15, 0.2) is 10.9 Å². The summed E-state index contributed by atoms with van der Waals surface area (Å²) in [5, 5.41) is 4.83. The topological polar surface area (TPSA) is 92.4 Å². The molecule has 4 rings (SSSR count). The van der Waals surface area contributed by atoms with E-state index in [4.69, 9.17) is 4.52 Å². The molecule has 8 nitrogen and oxygen atoms in total. The molecule has 0 aliphatic carbocycles. The van der Waals surface area contributed by atoms with Crippen LogP contribution in [0, 0.1) is 6.92 Å². The highest BCUT2D eigenvalue weighted by atomic mass is 32.2. The molecule has 2 saturated heterocycles. The summed E-state index contributed by atoms with van der Waals surface area (Å²) in [6, 6.07) is 0.171. The number of nitrogens with zero attached hydrogens (tertiary/aromatic N) is 5. The van der Waals surface area contributed by atoms with Gasteiger partial charge in [0.05, 0.1) is 17.2 Å². The Morgan fingerprint density at radius 1 is 1.22 bits per heavy atom. The van der Waals surface area contributed by atoms with Gasteiger partial charge in [-0.2, -0.15) is 4.98 Å². The van der Waals surface area contributed by atoms with Crippen molar-refractivity contribution in [1.82, 2.24) is 20.0 Å². The molecule has 9 heteroatoms. The molecule has 4 heterocycles. The van der Waals surface area contributed by atoms with Gasteiger partial charge in [0, 0.05) is 32.2 Å². The van der Waals surface area contributed by atoms with Crippen LogP contribution in [-0.4, -0.2) is 72.2 Å². The summed E-state index contributed by atoms with van der Waals surface area (Å²) >= 11 is 0. The molecule has 0 bridgehead atoms. The van der Waals surface area contributed by atoms with Crippen molar-refractivity contribution in [3.05, 3.63) is 12.0 Å². The third kappa shape index (κ3) is 2.67. The smallest absolute Gasteiger partial charge is 0.263 e. The number of hydrogen-bond donors (Lipinski definition) is 0. The quantitative estimate of drug-likeness (QED) is 0.769. The lowest BCUT2D eigenvalue weighted by Gasteiger charge is -2.38. The van der Waals surface area contributed by atoms with E-state index in [-0.39, 0.29) is 6.04 Å². The Morgan fingerprint density at radius 2 is 2.00 bits per heavy atom. The highest BCUT2D eigenvalue weighted by Gasteiger charge is 2.34. The molecular weight excluding hydrogens is 318 g/mol. The normalized spacial score (nSPS) is 25.3. The van der Waals surface area contributed by atoms with Gasteiger partial charge in [-0.1, -0.05) is 5.16 Å². The first-order valence-electron chi connectivity index (χ1n) is 7.80. The van der Waals surface area contributed by atoms with Gasteiger partial charge >= 0.3 is 0 Å². The fourth-order valence-corrected chi connectivity index (χ4v) is 5.27. The standard InChI is InChI=1S/C14H19N5O3S/c1-10-12-13(15-9-16-14(12)22-17-10)19-5-3-18(4-6-19)11-2-7-23(20,21)8-11/h9,11H,2-8H2,1H3. The fraction of sp³-hybridized carbons (Fsp3) is 0.643. The summed E-state index contributed by atoms with van der Waals surface area (Å²) in [5.74, 6) is 1.48. The number of fused-ring (bicyclic) bond motifs is 1. The first-order valence-corrected chi connectivity index (χ1v) is 9.62. The van der Waals surface area contributed by atoms with Crippen LogP contribution >= 0.6 is 0 Å². The van der Waals surface area contributed by atoms with Crippen molar-refractivity contribution >= 4 is 26.8 Å². The van der Waals surface area contributed by atoms with Gasteiger partial charge < -0.3 is 9.42 Å². The van der Waals surface area contributed by atoms with E-state index in [9.17, 15) is 8.42 Å². The van der Waals surface area contributed by atoms with Gasteiger partial charge in [-0.05, 0) is 13.3 Å². The molecule has 2 aliphatic heterocycles. The van der Waals surface area contributed by atoms with Crippen LogP contribution < -0.4 is 4.90 Å². The van der Waals surface area contributed by atoms with Gasteiger partial charge in [0.15, 0.2) is 9.84 Å². The van der Waals surface area contributed by atoms with E-state index in [1.165, 1.54) is 6.33 Å². The molecule has 1 atom stereocenters. The summed E-state index contributed by atoms with van der Waals surface area (Å²) in [6.07, 6.45) is 2.25. The molecule has 124 valence electrons. The lowest BCUT2D eigenvalue weighted by atomic mass is 10.2. The van der Waals surface area contributed by atoms with Crippen molar-refractivity contribution in [3.8, 4) is 0 Å². The predicted octanol–water partition coefficient (Wildman–Crippen LogP) is 0.235. The van der Waals surface area contributed by atoms with Crippen LogP contribution in [0.3, 0.4) is 0 Å². The van der Waals surface area contributed by atoms with Crippen LogP contribution in [0.1, 0.15) is 12.1 Å². The third-order valence-electron chi connectivity index (χ3n) is 4.76. The Kier molecular flexibility index (Phi) is 3.49. The molecule has 0 amide bonds. The van der Waals surface area contributed by atoms with Gasteiger partial charge in [0.25, 0.3) is 5.71 Å². The molecule has 2 aromatic heterocycles.